The second-order valence-corrected chi connectivity index (χ2v) is 10.7. The van der Waals surface area contributed by atoms with Crippen LogP contribution in [-0.4, -0.2) is 27.4 Å². The van der Waals surface area contributed by atoms with Gasteiger partial charge in [0.05, 0.1) is 11.0 Å². The van der Waals surface area contributed by atoms with Crippen LogP contribution in [0.2, 0.25) is 5.02 Å². The zero-order valence-electron chi connectivity index (χ0n) is 17.5. The summed E-state index contributed by atoms with van der Waals surface area (Å²) in [4.78, 5) is 13.1. The van der Waals surface area contributed by atoms with Gasteiger partial charge in [-0.15, -0.1) is 0 Å². The van der Waals surface area contributed by atoms with E-state index in [1.54, 1.807) is 24.3 Å². The van der Waals surface area contributed by atoms with Gasteiger partial charge in [0.15, 0.2) is 0 Å². The van der Waals surface area contributed by atoms with E-state index >= 15 is 0 Å². The van der Waals surface area contributed by atoms with Crippen LogP contribution < -0.4 is 4.72 Å². The van der Waals surface area contributed by atoms with E-state index in [9.17, 15) is 13.2 Å². The molecular formula is C24H28ClNO4S. The highest BCUT2D eigenvalue weighted by molar-refractivity contribution is 7.89. The van der Waals surface area contributed by atoms with Gasteiger partial charge in [-0.3, -0.25) is 4.79 Å². The van der Waals surface area contributed by atoms with Crippen LogP contribution in [0.5, 0.6) is 0 Å². The Morgan fingerprint density at radius 3 is 2.61 bits per heavy atom. The smallest absolute Gasteiger partial charge is 0.240 e. The lowest BCUT2D eigenvalue weighted by molar-refractivity contribution is -0.117. The van der Waals surface area contributed by atoms with E-state index in [1.807, 2.05) is 18.2 Å². The number of halogens is 1. The third-order valence-electron chi connectivity index (χ3n) is 5.89. The minimum Gasteiger partial charge on any atom is -0.374 e. The first-order valence-electron chi connectivity index (χ1n) is 10.9. The summed E-state index contributed by atoms with van der Waals surface area (Å²) in [7, 11) is -3.61. The van der Waals surface area contributed by atoms with Crippen molar-refractivity contribution >= 4 is 27.4 Å². The fourth-order valence-electron chi connectivity index (χ4n) is 3.98. The van der Waals surface area contributed by atoms with Crippen molar-refractivity contribution in [2.24, 2.45) is 5.92 Å². The van der Waals surface area contributed by atoms with E-state index in [2.05, 4.69) is 4.72 Å². The Morgan fingerprint density at radius 1 is 1.06 bits per heavy atom. The molecule has 31 heavy (non-hydrogen) atoms. The molecule has 1 atom stereocenters. The largest absolute Gasteiger partial charge is 0.374 e. The van der Waals surface area contributed by atoms with Gasteiger partial charge in [0.1, 0.15) is 5.78 Å². The molecule has 1 unspecified atom stereocenters. The monoisotopic (exact) mass is 461 g/mol. The van der Waals surface area contributed by atoms with E-state index < -0.39 is 10.0 Å². The molecule has 0 aromatic heterocycles. The summed E-state index contributed by atoms with van der Waals surface area (Å²) >= 11 is 6.04. The van der Waals surface area contributed by atoms with Crippen LogP contribution in [0.4, 0.5) is 0 Å². The molecule has 5 nitrogen and oxygen atoms in total. The first kappa shape index (κ1) is 22.5. The average Bonchev–Trinajstić information content (AvgIpc) is 3.57. The molecule has 0 amide bonds. The fraction of sp³-hybridized carbons (Fsp3) is 0.458. The number of rotatable bonds is 9. The number of benzene rings is 2. The Hall–Kier alpha value is -1.73. The molecule has 0 spiro atoms. The maximum atomic E-state index is 12.9. The number of hydrogen-bond acceptors (Lipinski definition) is 4. The summed E-state index contributed by atoms with van der Waals surface area (Å²) in [6, 6.07) is 12.4. The average molecular weight is 462 g/mol. The molecule has 7 heteroatoms. The molecule has 1 N–H and O–H groups in total. The van der Waals surface area contributed by atoms with Crippen LogP contribution in [0.3, 0.4) is 0 Å². The Bertz CT molecular complexity index is 1040. The molecule has 4 rings (SSSR count). The topological polar surface area (TPSA) is 72.5 Å². The van der Waals surface area contributed by atoms with Crippen molar-refractivity contribution < 1.29 is 17.9 Å². The zero-order valence-corrected chi connectivity index (χ0v) is 19.1. The highest BCUT2D eigenvalue weighted by Crippen LogP contribution is 2.32. The summed E-state index contributed by atoms with van der Waals surface area (Å²) in [5.41, 5.74) is 2.50. The number of sulfonamides is 1. The van der Waals surface area contributed by atoms with Gasteiger partial charge in [-0.1, -0.05) is 29.8 Å². The number of carbonyl (C=O) groups excluding carboxylic acids is 1. The molecule has 1 heterocycles. The number of ketones is 1. The van der Waals surface area contributed by atoms with E-state index in [1.165, 1.54) is 0 Å². The molecule has 2 aromatic rings. The summed E-state index contributed by atoms with van der Waals surface area (Å²) in [5, 5.41) is 0.594. The number of Topliss-reactive ketones (excluding diaryl/α,β-unsaturated/α-hetero) is 1. The summed E-state index contributed by atoms with van der Waals surface area (Å²) < 4.78 is 34.2. The summed E-state index contributed by atoms with van der Waals surface area (Å²) in [6.07, 6.45) is 5.42. The van der Waals surface area contributed by atoms with Gasteiger partial charge in [-0.25, -0.2) is 13.1 Å². The summed E-state index contributed by atoms with van der Waals surface area (Å²) in [5.74, 6) is 0.461. The molecule has 0 bridgehead atoms. The van der Waals surface area contributed by atoms with Crippen molar-refractivity contribution in [1.29, 1.82) is 0 Å². The van der Waals surface area contributed by atoms with Crippen LogP contribution in [0.1, 0.15) is 54.9 Å². The highest BCUT2D eigenvalue weighted by atomic mass is 35.5. The molecule has 1 aliphatic heterocycles. The van der Waals surface area contributed by atoms with Crippen LogP contribution >= 0.6 is 11.6 Å². The standard InChI is InChI=1S/C24H28ClNO4S/c25-20-5-3-4-18(12-20)13-21(27)14-19-15-22(31(28,29)26-16-17-7-8-17)9-10-23(19)24-6-1-2-11-30-24/h3-5,9-10,12,15,17,24,26H,1-2,6-8,11,13-14,16H2. The Labute approximate surface area is 189 Å². The lowest BCUT2D eigenvalue weighted by atomic mass is 9.93. The van der Waals surface area contributed by atoms with Gasteiger partial charge in [0.25, 0.3) is 0 Å². The first-order chi connectivity index (χ1) is 14.9. The van der Waals surface area contributed by atoms with E-state index in [-0.39, 0.29) is 29.6 Å². The van der Waals surface area contributed by atoms with Crippen molar-refractivity contribution in [1.82, 2.24) is 4.72 Å². The van der Waals surface area contributed by atoms with Crippen molar-refractivity contribution in [3.05, 3.63) is 64.2 Å². The SMILES string of the molecule is O=C(Cc1cccc(Cl)c1)Cc1cc(S(=O)(=O)NCC2CC2)ccc1C1CCCCO1. The van der Waals surface area contributed by atoms with Crippen molar-refractivity contribution in [3.8, 4) is 0 Å². The van der Waals surface area contributed by atoms with E-state index in [4.69, 9.17) is 16.3 Å². The predicted octanol–water partition coefficient (Wildman–Crippen LogP) is 4.62. The molecule has 2 aromatic carbocycles. The number of carbonyl (C=O) groups is 1. The molecule has 1 aliphatic carbocycles. The third-order valence-corrected chi connectivity index (χ3v) is 7.54. The maximum Gasteiger partial charge on any atom is 0.240 e. The van der Waals surface area contributed by atoms with Crippen LogP contribution in [0, 0.1) is 5.92 Å². The fourth-order valence-corrected chi connectivity index (χ4v) is 5.36. The number of ether oxygens (including phenoxy) is 1. The Balaban J connectivity index is 1.57. The van der Waals surface area contributed by atoms with E-state index in [0.717, 1.165) is 48.8 Å². The van der Waals surface area contributed by atoms with Gasteiger partial charge >= 0.3 is 0 Å². The number of hydrogen-bond donors (Lipinski definition) is 1. The van der Waals surface area contributed by atoms with Crippen molar-refractivity contribution in [2.75, 3.05) is 13.2 Å². The lowest BCUT2D eigenvalue weighted by Gasteiger charge is -2.25. The molecule has 2 aliphatic rings. The predicted molar refractivity (Wildman–Crippen MR) is 121 cm³/mol. The van der Waals surface area contributed by atoms with E-state index in [0.29, 0.717) is 24.1 Å². The molecule has 0 radical (unpaired) electrons. The summed E-state index contributed by atoms with van der Waals surface area (Å²) in [6.45, 7) is 1.16. The van der Waals surface area contributed by atoms with Crippen LogP contribution in [0.15, 0.2) is 47.4 Å². The third kappa shape index (κ3) is 6.16. The molecule has 2 fully saturated rings. The molecule has 1 saturated carbocycles. The van der Waals surface area contributed by atoms with Crippen LogP contribution in [0.25, 0.3) is 0 Å². The van der Waals surface area contributed by atoms with Gasteiger partial charge in [0, 0.05) is 31.0 Å². The van der Waals surface area contributed by atoms with Gasteiger partial charge < -0.3 is 4.74 Å². The molecular weight excluding hydrogens is 434 g/mol. The van der Waals surface area contributed by atoms with Gasteiger partial charge in [0.2, 0.25) is 10.0 Å². The highest BCUT2D eigenvalue weighted by Gasteiger charge is 2.26. The Morgan fingerprint density at radius 2 is 1.90 bits per heavy atom. The Kier molecular flexibility index (Phi) is 7.12. The van der Waals surface area contributed by atoms with Crippen molar-refractivity contribution in [3.63, 3.8) is 0 Å². The minimum absolute atomic E-state index is 0.0137. The normalized spacial score (nSPS) is 19.3. The van der Waals surface area contributed by atoms with Crippen LogP contribution in [-0.2, 0) is 32.4 Å². The zero-order chi connectivity index (χ0) is 21.8. The minimum atomic E-state index is -3.61. The van der Waals surface area contributed by atoms with Crippen molar-refractivity contribution in [2.45, 2.75) is 55.9 Å². The molecule has 166 valence electrons. The van der Waals surface area contributed by atoms with Gasteiger partial charge in [-0.05, 0) is 79.0 Å². The number of nitrogens with one attached hydrogen (secondary N) is 1. The van der Waals surface area contributed by atoms with Gasteiger partial charge in [-0.2, -0.15) is 0 Å². The second-order valence-electron chi connectivity index (χ2n) is 8.53. The quantitative estimate of drug-likeness (QED) is 0.591. The maximum absolute atomic E-state index is 12.9. The molecule has 1 saturated heterocycles. The first-order valence-corrected chi connectivity index (χ1v) is 12.8. The lowest BCUT2D eigenvalue weighted by Crippen LogP contribution is -2.26. The second kappa shape index (κ2) is 9.82.